The second-order valence-electron chi connectivity index (χ2n) is 4.88. The summed E-state index contributed by atoms with van der Waals surface area (Å²) in [4.78, 5) is 0. The number of hydrogen-bond acceptors (Lipinski definition) is 4. The summed E-state index contributed by atoms with van der Waals surface area (Å²) in [5, 5.41) is 0.635. The molecule has 0 saturated carbocycles. The van der Waals surface area contributed by atoms with Crippen molar-refractivity contribution in [2.45, 2.75) is 31.6 Å². The van der Waals surface area contributed by atoms with Crippen LogP contribution in [0.2, 0.25) is 0 Å². The Morgan fingerprint density at radius 3 is 2.78 bits per heavy atom. The van der Waals surface area contributed by atoms with E-state index in [1.54, 1.807) is 0 Å². The Bertz CT molecular complexity index is 389. The van der Waals surface area contributed by atoms with Gasteiger partial charge in [0.15, 0.2) is 0 Å². The molecule has 0 bridgehead atoms. The second kappa shape index (κ2) is 6.85. The van der Waals surface area contributed by atoms with Gasteiger partial charge in [-0.05, 0) is 37.0 Å². The molecule has 100 valence electrons. The Labute approximate surface area is 118 Å². The summed E-state index contributed by atoms with van der Waals surface area (Å²) in [6.45, 7) is 4.33. The first kappa shape index (κ1) is 14.3. The van der Waals surface area contributed by atoms with E-state index in [1.165, 1.54) is 33.9 Å². The van der Waals surface area contributed by atoms with Gasteiger partial charge >= 0.3 is 0 Å². The summed E-state index contributed by atoms with van der Waals surface area (Å²) in [6.07, 6.45) is 1.02. The van der Waals surface area contributed by atoms with Gasteiger partial charge in [0.1, 0.15) is 0 Å². The summed E-state index contributed by atoms with van der Waals surface area (Å²) in [7, 11) is 0. The van der Waals surface area contributed by atoms with Crippen LogP contribution in [0.15, 0.2) is 18.2 Å². The fraction of sp³-hybridized carbons (Fsp3) is 0.571. The van der Waals surface area contributed by atoms with Gasteiger partial charge in [-0.2, -0.15) is 23.5 Å². The highest BCUT2D eigenvalue weighted by Crippen LogP contribution is 2.27. The molecule has 0 radical (unpaired) electrons. The molecule has 1 aliphatic rings. The van der Waals surface area contributed by atoms with Crippen LogP contribution in [-0.4, -0.2) is 28.6 Å². The molecular weight excluding hydrogens is 260 g/mol. The molecule has 0 amide bonds. The van der Waals surface area contributed by atoms with E-state index in [-0.39, 0.29) is 0 Å². The predicted octanol–water partition coefficient (Wildman–Crippen LogP) is 2.53. The third-order valence-corrected chi connectivity index (χ3v) is 6.45. The van der Waals surface area contributed by atoms with Crippen molar-refractivity contribution >= 4 is 23.5 Å². The number of hydrogen-bond donors (Lipinski definition) is 2. The first-order chi connectivity index (χ1) is 8.70. The van der Waals surface area contributed by atoms with Crippen molar-refractivity contribution in [3.05, 3.63) is 34.9 Å². The molecule has 2 rings (SSSR count). The monoisotopic (exact) mass is 282 g/mol. The van der Waals surface area contributed by atoms with Crippen LogP contribution in [0.25, 0.3) is 0 Å². The molecule has 1 aliphatic heterocycles. The van der Waals surface area contributed by atoms with E-state index >= 15 is 0 Å². The van der Waals surface area contributed by atoms with Crippen LogP contribution in [0.5, 0.6) is 0 Å². The SMILES string of the molecule is Cc1ccc(CC(NN)C2CSCCS2)cc1C. The van der Waals surface area contributed by atoms with Crippen LogP contribution < -0.4 is 11.3 Å². The van der Waals surface area contributed by atoms with Crippen LogP contribution in [0.1, 0.15) is 16.7 Å². The molecular formula is C14H22N2S2. The zero-order valence-corrected chi connectivity index (χ0v) is 12.7. The molecule has 1 heterocycles. The molecule has 0 aromatic heterocycles. The Balaban J connectivity index is 2.02. The van der Waals surface area contributed by atoms with E-state index in [9.17, 15) is 0 Å². The molecule has 3 N–H and O–H groups in total. The van der Waals surface area contributed by atoms with Gasteiger partial charge < -0.3 is 0 Å². The minimum absolute atomic E-state index is 0.380. The number of nitrogens with one attached hydrogen (secondary N) is 1. The number of benzene rings is 1. The Hall–Kier alpha value is -0.160. The van der Waals surface area contributed by atoms with E-state index in [0.29, 0.717) is 11.3 Å². The molecule has 1 aromatic rings. The largest absolute Gasteiger partial charge is 0.271 e. The normalized spacial score (nSPS) is 21.8. The zero-order valence-electron chi connectivity index (χ0n) is 11.1. The van der Waals surface area contributed by atoms with Gasteiger partial charge in [0.05, 0.1) is 0 Å². The third-order valence-electron chi connectivity index (χ3n) is 3.53. The highest BCUT2D eigenvalue weighted by molar-refractivity contribution is 8.06. The first-order valence-electron chi connectivity index (χ1n) is 6.42. The maximum atomic E-state index is 5.75. The average Bonchev–Trinajstić information content (AvgIpc) is 2.41. The quantitative estimate of drug-likeness (QED) is 0.657. The molecule has 2 unspecified atom stereocenters. The van der Waals surface area contributed by atoms with E-state index in [1.807, 2.05) is 11.8 Å². The fourth-order valence-corrected chi connectivity index (χ4v) is 5.09. The Morgan fingerprint density at radius 2 is 2.17 bits per heavy atom. The Morgan fingerprint density at radius 1 is 1.33 bits per heavy atom. The van der Waals surface area contributed by atoms with Crippen LogP contribution >= 0.6 is 23.5 Å². The molecule has 1 fully saturated rings. The van der Waals surface area contributed by atoms with Crippen LogP contribution in [0.3, 0.4) is 0 Å². The van der Waals surface area contributed by atoms with Crippen LogP contribution in [0.4, 0.5) is 0 Å². The van der Waals surface area contributed by atoms with Crippen LogP contribution in [0, 0.1) is 13.8 Å². The maximum Gasteiger partial charge on any atom is 0.0377 e. The molecule has 1 saturated heterocycles. The summed E-state index contributed by atoms with van der Waals surface area (Å²) in [6, 6.07) is 7.11. The van der Waals surface area contributed by atoms with Crippen LogP contribution in [-0.2, 0) is 6.42 Å². The number of aryl methyl sites for hydroxylation is 2. The topological polar surface area (TPSA) is 38.0 Å². The van der Waals surface area contributed by atoms with Crippen molar-refractivity contribution in [2.75, 3.05) is 17.3 Å². The minimum atomic E-state index is 0.380. The van der Waals surface area contributed by atoms with Gasteiger partial charge in [-0.25, -0.2) is 0 Å². The first-order valence-corrected chi connectivity index (χ1v) is 8.62. The van der Waals surface area contributed by atoms with Crippen molar-refractivity contribution in [2.24, 2.45) is 5.84 Å². The minimum Gasteiger partial charge on any atom is -0.271 e. The van der Waals surface area contributed by atoms with E-state index in [2.05, 4.69) is 49.2 Å². The lowest BCUT2D eigenvalue weighted by atomic mass is 10.00. The van der Waals surface area contributed by atoms with Crippen molar-refractivity contribution < 1.29 is 0 Å². The zero-order chi connectivity index (χ0) is 13.0. The Kier molecular flexibility index (Phi) is 5.42. The summed E-state index contributed by atoms with van der Waals surface area (Å²) < 4.78 is 0. The lowest BCUT2D eigenvalue weighted by Crippen LogP contribution is -2.46. The standard InChI is InChI=1S/C14H22N2S2/c1-10-3-4-12(7-11(10)2)8-13(16-15)14-9-17-5-6-18-14/h3-4,7,13-14,16H,5-6,8-9,15H2,1-2H3. The number of thioether (sulfide) groups is 2. The fourth-order valence-electron chi connectivity index (χ4n) is 2.22. The van der Waals surface area contributed by atoms with Gasteiger partial charge in [-0.1, -0.05) is 18.2 Å². The molecule has 0 aliphatic carbocycles. The summed E-state index contributed by atoms with van der Waals surface area (Å²) in [5.74, 6) is 9.49. The van der Waals surface area contributed by atoms with Crippen molar-refractivity contribution in [1.82, 2.24) is 5.43 Å². The van der Waals surface area contributed by atoms with E-state index < -0.39 is 0 Å². The maximum absolute atomic E-state index is 5.75. The number of hydrazine groups is 1. The second-order valence-corrected chi connectivity index (χ2v) is 7.38. The highest BCUT2D eigenvalue weighted by atomic mass is 32.2. The number of rotatable bonds is 4. The highest BCUT2D eigenvalue weighted by Gasteiger charge is 2.23. The summed E-state index contributed by atoms with van der Waals surface area (Å²) >= 11 is 4.11. The molecule has 2 nitrogen and oxygen atoms in total. The summed E-state index contributed by atoms with van der Waals surface area (Å²) in [5.41, 5.74) is 7.14. The van der Waals surface area contributed by atoms with Gasteiger partial charge in [0.2, 0.25) is 0 Å². The van der Waals surface area contributed by atoms with Gasteiger partial charge in [-0.3, -0.25) is 11.3 Å². The molecule has 18 heavy (non-hydrogen) atoms. The van der Waals surface area contributed by atoms with E-state index in [4.69, 9.17) is 5.84 Å². The lowest BCUT2D eigenvalue weighted by Gasteiger charge is -2.29. The lowest BCUT2D eigenvalue weighted by molar-refractivity contribution is 0.523. The molecule has 2 atom stereocenters. The van der Waals surface area contributed by atoms with Gasteiger partial charge in [0, 0.05) is 28.6 Å². The van der Waals surface area contributed by atoms with Crippen molar-refractivity contribution in [3.8, 4) is 0 Å². The van der Waals surface area contributed by atoms with Crippen molar-refractivity contribution in [1.29, 1.82) is 0 Å². The third kappa shape index (κ3) is 3.67. The number of nitrogens with two attached hydrogens (primary N) is 1. The van der Waals surface area contributed by atoms with Crippen molar-refractivity contribution in [3.63, 3.8) is 0 Å². The molecule has 1 aromatic carbocycles. The average molecular weight is 282 g/mol. The van der Waals surface area contributed by atoms with Gasteiger partial charge in [0.25, 0.3) is 0 Å². The smallest absolute Gasteiger partial charge is 0.0377 e. The molecule has 4 heteroatoms. The van der Waals surface area contributed by atoms with E-state index in [0.717, 1.165) is 6.42 Å². The molecule has 0 spiro atoms. The predicted molar refractivity (Wildman–Crippen MR) is 84.3 cm³/mol. The van der Waals surface area contributed by atoms with Gasteiger partial charge in [-0.15, -0.1) is 0 Å².